The van der Waals surface area contributed by atoms with Gasteiger partial charge in [0.25, 0.3) is 0 Å². The van der Waals surface area contributed by atoms with Gasteiger partial charge in [-0.2, -0.15) is 4.98 Å². The molecular weight excluding hydrogens is 781 g/mol. The smallest absolute Gasteiger partial charge is 0.329 e. The van der Waals surface area contributed by atoms with Crippen LogP contribution in [0.3, 0.4) is 0 Å². The van der Waals surface area contributed by atoms with Crippen molar-refractivity contribution in [2.45, 2.75) is 95.7 Å². The van der Waals surface area contributed by atoms with Crippen molar-refractivity contribution in [2.75, 3.05) is 84.4 Å². The lowest BCUT2D eigenvalue weighted by molar-refractivity contribution is -0.135. The number of benzene rings is 1. The van der Waals surface area contributed by atoms with E-state index in [-0.39, 0.29) is 24.1 Å². The van der Waals surface area contributed by atoms with E-state index in [0.717, 1.165) is 106 Å². The third-order valence-corrected chi connectivity index (χ3v) is 12.2. The number of aryl methyl sites for hydroxylation is 2. The number of hydrogen-bond acceptors (Lipinski definition) is 12. The lowest BCUT2D eigenvalue weighted by atomic mass is 9.93. The van der Waals surface area contributed by atoms with Gasteiger partial charge in [-0.15, -0.1) is 0 Å². The second kappa shape index (κ2) is 22.1. The van der Waals surface area contributed by atoms with Crippen molar-refractivity contribution in [2.24, 2.45) is 7.05 Å². The van der Waals surface area contributed by atoms with E-state index >= 15 is 0 Å². The number of piperidine rings is 1. The number of rotatable bonds is 23. The molecule has 332 valence electrons. The third-order valence-electron chi connectivity index (χ3n) is 12.2. The number of anilines is 1. The number of amides is 2. The number of ether oxygens (including phenoxy) is 4. The number of imidazole rings is 1. The third kappa shape index (κ3) is 11.5. The maximum atomic E-state index is 13.0. The predicted molar refractivity (Wildman–Crippen MR) is 234 cm³/mol. The van der Waals surface area contributed by atoms with Gasteiger partial charge >= 0.3 is 5.69 Å². The molecule has 2 aliphatic heterocycles. The van der Waals surface area contributed by atoms with Crippen LogP contribution in [0, 0.1) is 0 Å². The maximum Gasteiger partial charge on any atom is 0.329 e. The van der Waals surface area contributed by atoms with Gasteiger partial charge in [0.2, 0.25) is 17.8 Å². The van der Waals surface area contributed by atoms with Gasteiger partial charge in [0.1, 0.15) is 11.7 Å². The number of fused-ring (bicyclic) bond motifs is 2. The highest BCUT2D eigenvalue weighted by Gasteiger charge is 2.31. The molecule has 3 aromatic heterocycles. The second-order valence-electron chi connectivity index (χ2n) is 16.5. The zero-order chi connectivity index (χ0) is 42.6. The summed E-state index contributed by atoms with van der Waals surface area (Å²) in [6, 6.07) is 5.50. The molecule has 0 bridgehead atoms. The molecule has 3 N–H and O–H groups in total. The highest BCUT2D eigenvalue weighted by Crippen LogP contribution is 2.36. The summed E-state index contributed by atoms with van der Waals surface area (Å²) in [5, 5.41) is 17.0. The van der Waals surface area contributed by atoms with Crippen LogP contribution in [0.2, 0.25) is 0 Å². The van der Waals surface area contributed by atoms with E-state index < -0.39 is 11.9 Å². The molecule has 0 radical (unpaired) electrons. The van der Waals surface area contributed by atoms with E-state index in [0.29, 0.717) is 76.8 Å². The van der Waals surface area contributed by atoms with Crippen molar-refractivity contribution < 1.29 is 33.6 Å². The quantitative estimate of drug-likeness (QED) is 0.0704. The van der Waals surface area contributed by atoms with Gasteiger partial charge in [-0.05, 0) is 81.1 Å². The summed E-state index contributed by atoms with van der Waals surface area (Å²) in [7, 11) is 1.70. The Morgan fingerprint density at radius 2 is 1.62 bits per heavy atom. The van der Waals surface area contributed by atoms with Gasteiger partial charge < -0.3 is 33.9 Å². The number of aliphatic hydroxyl groups is 1. The first-order chi connectivity index (χ1) is 29.8. The SMILES string of the molecule is CCCCNc1ncc2c(C3=CCN(CCOCCOCCOCCOCCCc4ccc5c(c4)n(C)c(=O)n5[C@H]4CCC(=O)NC4=O)CC3)cn(C3CCC(O)CC3)c2n1. The number of nitrogens with one attached hydrogen (secondary N) is 2. The minimum atomic E-state index is -0.688. The monoisotopic (exact) mass is 844 g/mol. The van der Waals surface area contributed by atoms with Crippen LogP contribution in [-0.4, -0.2) is 131 Å². The standard InChI is InChI=1S/C45H64N8O8/c1-3-4-17-46-44-47-30-36-37(31-52(42(36)49-44)34-8-10-35(54)11-9-34)33-15-18-51(19-16-33)20-22-59-24-26-61-28-27-60-25-23-58-21-5-6-32-7-12-38-40(29-32)50(2)45(57)53(38)39-13-14-41(55)48-43(39)56/h7,12,15,29-31,34-35,39,54H,3-6,8-11,13-14,16-28H2,1-2H3,(H,46,47,49)(H,48,55,56)/t34?,35?,39-/m0/s1. The Balaban J connectivity index is 0.731. The van der Waals surface area contributed by atoms with E-state index in [9.17, 15) is 19.5 Å². The number of aromatic nitrogens is 5. The van der Waals surface area contributed by atoms with E-state index in [1.165, 1.54) is 15.7 Å². The average molecular weight is 845 g/mol. The topological polar surface area (TPSA) is 176 Å². The Bertz CT molecular complexity index is 2170. The van der Waals surface area contributed by atoms with E-state index in [1.54, 1.807) is 11.6 Å². The van der Waals surface area contributed by atoms with Gasteiger partial charge in [0.05, 0.1) is 63.4 Å². The molecule has 16 nitrogen and oxygen atoms in total. The molecule has 2 fully saturated rings. The molecule has 1 saturated carbocycles. The fourth-order valence-corrected chi connectivity index (χ4v) is 8.65. The molecule has 16 heteroatoms. The molecule has 1 aliphatic carbocycles. The minimum Gasteiger partial charge on any atom is -0.393 e. The number of unbranched alkanes of at least 4 members (excludes halogenated alkanes) is 1. The number of hydrogen-bond donors (Lipinski definition) is 3. The molecule has 1 atom stereocenters. The van der Waals surface area contributed by atoms with Crippen LogP contribution in [0.1, 0.15) is 94.3 Å². The van der Waals surface area contributed by atoms with Crippen LogP contribution in [0.5, 0.6) is 0 Å². The number of carbonyl (C=O) groups is 2. The van der Waals surface area contributed by atoms with Crippen molar-refractivity contribution in [1.29, 1.82) is 0 Å². The zero-order valence-corrected chi connectivity index (χ0v) is 35.9. The largest absolute Gasteiger partial charge is 0.393 e. The van der Waals surface area contributed by atoms with Crippen molar-refractivity contribution in [3.63, 3.8) is 0 Å². The molecule has 3 aliphatic rings. The zero-order valence-electron chi connectivity index (χ0n) is 35.9. The van der Waals surface area contributed by atoms with E-state index in [1.807, 2.05) is 24.4 Å². The first kappa shape index (κ1) is 44.6. The molecule has 5 heterocycles. The fourth-order valence-electron chi connectivity index (χ4n) is 8.65. The molecular formula is C45H64N8O8. The highest BCUT2D eigenvalue weighted by molar-refractivity contribution is 6.00. The summed E-state index contributed by atoms with van der Waals surface area (Å²) in [4.78, 5) is 49.1. The summed E-state index contributed by atoms with van der Waals surface area (Å²) in [6.07, 6.45) is 15.3. The van der Waals surface area contributed by atoms with Crippen molar-refractivity contribution in [3.8, 4) is 0 Å². The van der Waals surface area contributed by atoms with Crippen LogP contribution in [0.15, 0.2) is 41.5 Å². The van der Waals surface area contributed by atoms with Crippen LogP contribution in [0.4, 0.5) is 5.95 Å². The van der Waals surface area contributed by atoms with Gasteiger partial charge in [-0.25, -0.2) is 9.78 Å². The summed E-state index contributed by atoms with van der Waals surface area (Å²) in [5.41, 5.74) is 5.82. The van der Waals surface area contributed by atoms with Crippen LogP contribution < -0.4 is 16.3 Å². The molecule has 7 rings (SSSR count). The fraction of sp³-hybridized carbons (Fsp3) is 0.622. The average Bonchev–Trinajstić information content (AvgIpc) is 3.76. The first-order valence-electron chi connectivity index (χ1n) is 22.4. The first-order valence-corrected chi connectivity index (χ1v) is 22.4. The van der Waals surface area contributed by atoms with E-state index in [2.05, 4.69) is 44.3 Å². The Labute approximate surface area is 357 Å². The van der Waals surface area contributed by atoms with Crippen molar-refractivity contribution in [3.05, 3.63) is 58.3 Å². The Morgan fingerprint density at radius 3 is 2.33 bits per heavy atom. The maximum absolute atomic E-state index is 13.0. The van der Waals surface area contributed by atoms with Crippen molar-refractivity contribution >= 4 is 45.4 Å². The summed E-state index contributed by atoms with van der Waals surface area (Å²) in [5.74, 6) is -0.0519. The summed E-state index contributed by atoms with van der Waals surface area (Å²) < 4.78 is 28.4. The molecule has 61 heavy (non-hydrogen) atoms. The van der Waals surface area contributed by atoms with Crippen molar-refractivity contribution in [1.82, 2.24) is 33.9 Å². The van der Waals surface area contributed by atoms with E-state index in [4.69, 9.17) is 23.9 Å². The van der Waals surface area contributed by atoms with Gasteiger partial charge in [-0.1, -0.05) is 25.5 Å². The van der Waals surface area contributed by atoms with Crippen LogP contribution in [0.25, 0.3) is 27.6 Å². The summed E-state index contributed by atoms with van der Waals surface area (Å²) in [6.45, 7) is 10.1. The van der Waals surface area contributed by atoms with Crippen LogP contribution in [-0.2, 0) is 42.0 Å². The Morgan fingerprint density at radius 1 is 0.885 bits per heavy atom. The molecule has 4 aromatic rings. The minimum absolute atomic E-state index is 0.196. The normalized spacial score (nSPS) is 20.1. The Hall–Kier alpha value is -4.45. The summed E-state index contributed by atoms with van der Waals surface area (Å²) >= 11 is 0. The molecule has 0 spiro atoms. The molecule has 2 amide bonds. The van der Waals surface area contributed by atoms with Crippen LogP contribution >= 0.6 is 0 Å². The number of imide groups is 1. The predicted octanol–water partition coefficient (Wildman–Crippen LogP) is 4.54. The number of carbonyl (C=O) groups excluding carboxylic acids is 2. The molecule has 1 aromatic carbocycles. The highest BCUT2D eigenvalue weighted by atomic mass is 16.6. The second-order valence-corrected chi connectivity index (χ2v) is 16.5. The Kier molecular flexibility index (Phi) is 16.1. The van der Waals surface area contributed by atoms with Gasteiger partial charge in [0.15, 0.2) is 0 Å². The lowest BCUT2D eigenvalue weighted by Gasteiger charge is -2.27. The number of nitrogens with zero attached hydrogens (tertiary/aromatic N) is 6. The van der Waals surface area contributed by atoms with Gasteiger partial charge in [-0.3, -0.25) is 28.9 Å². The number of aliphatic hydroxyl groups excluding tert-OH is 1. The molecule has 1 saturated heterocycles. The lowest BCUT2D eigenvalue weighted by Crippen LogP contribution is -2.44. The van der Waals surface area contributed by atoms with Gasteiger partial charge in [0, 0.05) is 75.6 Å². The molecule has 0 unspecified atom stereocenters.